The molecule has 1 heterocycles. The second-order valence-corrected chi connectivity index (χ2v) is 5.38. The van der Waals surface area contributed by atoms with Gasteiger partial charge in [0, 0.05) is 11.8 Å². The highest BCUT2D eigenvalue weighted by atomic mass is 16.5. The zero-order chi connectivity index (χ0) is 16.3. The molecule has 0 radical (unpaired) electrons. The van der Waals surface area contributed by atoms with E-state index in [4.69, 9.17) is 4.74 Å². The lowest BCUT2D eigenvalue weighted by Gasteiger charge is -2.14. The number of methoxy groups -OCH3 is 1. The summed E-state index contributed by atoms with van der Waals surface area (Å²) in [4.78, 5) is 36.8. The third-order valence-corrected chi connectivity index (χ3v) is 3.38. The van der Waals surface area contributed by atoms with Gasteiger partial charge in [0.25, 0.3) is 5.91 Å². The SMILES string of the molecule is COc1cccc(NC(=O)CN2C(=O)N[C@@H](C(C)C)C2=O)c1. The second-order valence-electron chi connectivity index (χ2n) is 5.38. The molecule has 1 aromatic carbocycles. The van der Waals surface area contributed by atoms with E-state index in [2.05, 4.69) is 10.6 Å². The lowest BCUT2D eigenvalue weighted by Crippen LogP contribution is -2.39. The third kappa shape index (κ3) is 3.36. The molecule has 1 aromatic rings. The van der Waals surface area contributed by atoms with Crippen molar-refractivity contribution in [1.82, 2.24) is 10.2 Å². The molecule has 7 nitrogen and oxygen atoms in total. The molecule has 1 atom stereocenters. The van der Waals surface area contributed by atoms with Gasteiger partial charge in [-0.05, 0) is 18.1 Å². The van der Waals surface area contributed by atoms with Gasteiger partial charge < -0.3 is 15.4 Å². The summed E-state index contributed by atoms with van der Waals surface area (Å²) in [6, 6.07) is 5.72. The molecule has 0 aromatic heterocycles. The molecule has 0 saturated carbocycles. The van der Waals surface area contributed by atoms with E-state index in [-0.39, 0.29) is 18.4 Å². The summed E-state index contributed by atoms with van der Waals surface area (Å²) in [6.45, 7) is 3.36. The maximum atomic E-state index is 12.1. The molecular formula is C15H19N3O4. The lowest BCUT2D eigenvalue weighted by molar-refractivity contribution is -0.131. The van der Waals surface area contributed by atoms with E-state index in [0.717, 1.165) is 4.90 Å². The Hall–Kier alpha value is -2.57. The molecule has 7 heteroatoms. The Balaban J connectivity index is 2.00. The number of rotatable bonds is 5. The van der Waals surface area contributed by atoms with Gasteiger partial charge in [-0.25, -0.2) is 4.79 Å². The molecule has 0 spiro atoms. The highest BCUT2D eigenvalue weighted by Gasteiger charge is 2.40. The van der Waals surface area contributed by atoms with Crippen molar-refractivity contribution in [1.29, 1.82) is 0 Å². The van der Waals surface area contributed by atoms with Gasteiger partial charge in [0.15, 0.2) is 0 Å². The number of carbonyl (C=O) groups excluding carboxylic acids is 3. The molecule has 1 fully saturated rings. The second kappa shape index (κ2) is 6.46. The predicted molar refractivity (Wildman–Crippen MR) is 80.5 cm³/mol. The summed E-state index contributed by atoms with van der Waals surface area (Å²) in [5, 5.41) is 5.21. The third-order valence-electron chi connectivity index (χ3n) is 3.38. The molecule has 1 aliphatic heterocycles. The quantitative estimate of drug-likeness (QED) is 0.800. The van der Waals surface area contributed by atoms with Crippen LogP contribution in [0.15, 0.2) is 24.3 Å². The molecular weight excluding hydrogens is 286 g/mol. The summed E-state index contributed by atoms with van der Waals surface area (Å²) < 4.78 is 5.06. The number of nitrogens with one attached hydrogen (secondary N) is 2. The van der Waals surface area contributed by atoms with Crippen molar-refractivity contribution < 1.29 is 19.1 Å². The van der Waals surface area contributed by atoms with Gasteiger partial charge in [0.1, 0.15) is 18.3 Å². The summed E-state index contributed by atoms with van der Waals surface area (Å²) >= 11 is 0. The van der Waals surface area contributed by atoms with Gasteiger partial charge in [0.05, 0.1) is 7.11 Å². The van der Waals surface area contributed by atoms with Crippen molar-refractivity contribution >= 4 is 23.5 Å². The maximum Gasteiger partial charge on any atom is 0.325 e. The molecule has 1 saturated heterocycles. The van der Waals surface area contributed by atoms with Gasteiger partial charge in [0.2, 0.25) is 5.91 Å². The van der Waals surface area contributed by atoms with Crippen LogP contribution in [0.5, 0.6) is 5.75 Å². The van der Waals surface area contributed by atoms with Crippen LogP contribution in [-0.2, 0) is 9.59 Å². The Labute approximate surface area is 128 Å². The predicted octanol–water partition coefficient (Wildman–Crippen LogP) is 1.21. The van der Waals surface area contributed by atoms with Crippen LogP contribution >= 0.6 is 0 Å². The first-order chi connectivity index (χ1) is 10.4. The molecule has 22 heavy (non-hydrogen) atoms. The number of urea groups is 1. The fourth-order valence-electron chi connectivity index (χ4n) is 2.19. The van der Waals surface area contributed by atoms with Gasteiger partial charge in [-0.2, -0.15) is 0 Å². The average Bonchev–Trinajstić information content (AvgIpc) is 2.75. The molecule has 118 valence electrons. The van der Waals surface area contributed by atoms with E-state index in [0.29, 0.717) is 11.4 Å². The molecule has 2 rings (SSSR count). The van der Waals surface area contributed by atoms with Gasteiger partial charge in [-0.1, -0.05) is 19.9 Å². The van der Waals surface area contributed by atoms with Crippen LogP contribution in [0.4, 0.5) is 10.5 Å². The van der Waals surface area contributed by atoms with Crippen LogP contribution in [0.2, 0.25) is 0 Å². The Morgan fingerprint density at radius 1 is 1.41 bits per heavy atom. The summed E-state index contributed by atoms with van der Waals surface area (Å²) in [5.41, 5.74) is 0.539. The van der Waals surface area contributed by atoms with Gasteiger partial charge >= 0.3 is 6.03 Å². The number of amides is 4. The largest absolute Gasteiger partial charge is 0.497 e. The van der Waals surface area contributed by atoms with E-state index < -0.39 is 18.0 Å². The topological polar surface area (TPSA) is 87.7 Å². The van der Waals surface area contributed by atoms with Gasteiger partial charge in [-0.15, -0.1) is 0 Å². The van der Waals surface area contributed by atoms with E-state index >= 15 is 0 Å². The van der Waals surface area contributed by atoms with Crippen molar-refractivity contribution in [2.75, 3.05) is 19.0 Å². The normalized spacial score (nSPS) is 17.6. The van der Waals surface area contributed by atoms with Crippen LogP contribution in [0.3, 0.4) is 0 Å². The minimum Gasteiger partial charge on any atom is -0.497 e. The van der Waals surface area contributed by atoms with Gasteiger partial charge in [-0.3, -0.25) is 14.5 Å². The fourth-order valence-corrected chi connectivity index (χ4v) is 2.19. The number of imide groups is 1. The van der Waals surface area contributed by atoms with Crippen molar-refractivity contribution in [3.8, 4) is 5.75 Å². The zero-order valence-corrected chi connectivity index (χ0v) is 12.8. The number of benzene rings is 1. The first-order valence-electron chi connectivity index (χ1n) is 6.98. The Morgan fingerprint density at radius 3 is 2.73 bits per heavy atom. The summed E-state index contributed by atoms with van der Waals surface area (Å²) in [7, 11) is 1.53. The number of hydrogen-bond acceptors (Lipinski definition) is 4. The van der Waals surface area contributed by atoms with Crippen molar-refractivity contribution in [3.05, 3.63) is 24.3 Å². The molecule has 1 aliphatic rings. The molecule has 0 unspecified atom stereocenters. The smallest absolute Gasteiger partial charge is 0.325 e. The fraction of sp³-hybridized carbons (Fsp3) is 0.400. The van der Waals surface area contributed by atoms with Crippen molar-refractivity contribution in [2.24, 2.45) is 5.92 Å². The number of carbonyl (C=O) groups is 3. The first-order valence-corrected chi connectivity index (χ1v) is 6.98. The minimum atomic E-state index is -0.572. The van der Waals surface area contributed by atoms with E-state index in [1.54, 1.807) is 24.3 Å². The highest BCUT2D eigenvalue weighted by Crippen LogP contribution is 2.17. The standard InChI is InChI=1S/C15H19N3O4/c1-9(2)13-14(20)18(15(21)17-13)8-12(19)16-10-5-4-6-11(7-10)22-3/h4-7,9,13H,8H2,1-3H3,(H,16,19)(H,17,21)/t13-/m0/s1. The Morgan fingerprint density at radius 2 is 2.14 bits per heavy atom. The summed E-state index contributed by atoms with van der Waals surface area (Å²) in [6.07, 6.45) is 0. The average molecular weight is 305 g/mol. The molecule has 0 bridgehead atoms. The van der Waals surface area contributed by atoms with E-state index in [1.807, 2.05) is 13.8 Å². The monoisotopic (exact) mass is 305 g/mol. The molecule has 0 aliphatic carbocycles. The van der Waals surface area contributed by atoms with E-state index in [1.165, 1.54) is 7.11 Å². The number of hydrogen-bond donors (Lipinski definition) is 2. The van der Waals surface area contributed by atoms with Crippen LogP contribution in [0.25, 0.3) is 0 Å². The maximum absolute atomic E-state index is 12.1. The Kier molecular flexibility index (Phi) is 4.65. The molecule has 4 amide bonds. The van der Waals surface area contributed by atoms with Crippen LogP contribution < -0.4 is 15.4 Å². The Bertz CT molecular complexity index is 600. The highest BCUT2D eigenvalue weighted by molar-refractivity contribution is 6.08. The number of anilines is 1. The first kappa shape index (κ1) is 15.8. The van der Waals surface area contributed by atoms with E-state index in [9.17, 15) is 14.4 Å². The van der Waals surface area contributed by atoms with Crippen LogP contribution in [0, 0.1) is 5.92 Å². The molecule has 2 N–H and O–H groups in total. The van der Waals surface area contributed by atoms with Crippen molar-refractivity contribution in [3.63, 3.8) is 0 Å². The minimum absolute atomic E-state index is 0.0251. The van der Waals surface area contributed by atoms with Crippen molar-refractivity contribution in [2.45, 2.75) is 19.9 Å². The zero-order valence-electron chi connectivity index (χ0n) is 12.8. The van der Waals surface area contributed by atoms with Crippen LogP contribution in [0.1, 0.15) is 13.8 Å². The lowest BCUT2D eigenvalue weighted by atomic mass is 10.1. The number of ether oxygens (including phenoxy) is 1. The summed E-state index contributed by atoms with van der Waals surface area (Å²) in [5.74, 6) is -0.238. The number of nitrogens with zero attached hydrogens (tertiary/aromatic N) is 1. The van der Waals surface area contributed by atoms with Crippen LogP contribution in [-0.4, -0.2) is 42.4 Å².